The zero-order valence-electron chi connectivity index (χ0n) is 9.51. The molecule has 1 saturated carbocycles. The summed E-state index contributed by atoms with van der Waals surface area (Å²) in [4.78, 5) is 0. The summed E-state index contributed by atoms with van der Waals surface area (Å²) in [5.41, 5.74) is -0.0991. The van der Waals surface area contributed by atoms with Gasteiger partial charge in [-0.2, -0.15) is 5.26 Å². The Balaban J connectivity index is 2.72. The molecule has 1 aliphatic carbocycles. The van der Waals surface area contributed by atoms with Gasteiger partial charge >= 0.3 is 0 Å². The molecule has 0 aliphatic heterocycles. The third-order valence-corrected chi connectivity index (χ3v) is 3.74. The molecular weight excluding hydrogens is 174 g/mol. The van der Waals surface area contributed by atoms with Gasteiger partial charge in [-0.15, -0.1) is 0 Å². The number of rotatable bonds is 2. The topological polar surface area (TPSA) is 44.0 Å². The smallest absolute Gasteiger partial charge is 0.0832 e. The Hall–Kier alpha value is -0.550. The number of nitrogens with zero attached hydrogens (tertiary/aromatic N) is 1. The van der Waals surface area contributed by atoms with E-state index in [1.807, 2.05) is 6.92 Å². The average Bonchev–Trinajstić information content (AvgIpc) is 2.18. The summed E-state index contributed by atoms with van der Waals surface area (Å²) in [6, 6.07) is 2.36. The first kappa shape index (κ1) is 11.5. The zero-order chi connectivity index (χ0) is 10.8. The van der Waals surface area contributed by atoms with E-state index in [0.717, 1.165) is 25.7 Å². The monoisotopic (exact) mass is 195 g/mol. The molecule has 1 unspecified atom stereocenters. The van der Waals surface area contributed by atoms with E-state index >= 15 is 0 Å². The van der Waals surface area contributed by atoms with Gasteiger partial charge in [0.2, 0.25) is 0 Å². The summed E-state index contributed by atoms with van der Waals surface area (Å²) in [7, 11) is 0. The lowest BCUT2D eigenvalue weighted by atomic mass is 9.63. The Morgan fingerprint density at radius 2 is 1.79 bits per heavy atom. The van der Waals surface area contributed by atoms with Gasteiger partial charge in [-0.1, -0.05) is 20.8 Å². The highest BCUT2D eigenvalue weighted by Crippen LogP contribution is 2.47. The summed E-state index contributed by atoms with van der Waals surface area (Å²) >= 11 is 0. The molecule has 0 saturated heterocycles. The van der Waals surface area contributed by atoms with Gasteiger partial charge in [-0.3, -0.25) is 0 Å². The average molecular weight is 195 g/mol. The molecule has 1 aliphatic rings. The summed E-state index contributed by atoms with van der Waals surface area (Å²) in [5.74, 6) is 0. The molecule has 0 aromatic rings. The lowest BCUT2D eigenvalue weighted by Crippen LogP contribution is -2.39. The third-order valence-electron chi connectivity index (χ3n) is 3.74. The molecule has 1 atom stereocenters. The van der Waals surface area contributed by atoms with E-state index in [-0.39, 0.29) is 0 Å². The van der Waals surface area contributed by atoms with Crippen LogP contribution in [0, 0.1) is 22.2 Å². The van der Waals surface area contributed by atoms with Crippen molar-refractivity contribution in [2.75, 3.05) is 0 Å². The normalized spacial score (nSPS) is 26.5. The van der Waals surface area contributed by atoms with Gasteiger partial charge < -0.3 is 5.11 Å². The van der Waals surface area contributed by atoms with Crippen molar-refractivity contribution in [3.8, 4) is 6.07 Å². The van der Waals surface area contributed by atoms with Crippen LogP contribution < -0.4 is 0 Å². The Morgan fingerprint density at radius 3 is 2.14 bits per heavy atom. The van der Waals surface area contributed by atoms with Crippen molar-refractivity contribution >= 4 is 0 Å². The molecule has 0 aromatic carbocycles. The molecule has 1 rings (SSSR count). The van der Waals surface area contributed by atoms with E-state index in [0.29, 0.717) is 11.8 Å². The maximum Gasteiger partial charge on any atom is 0.0832 e. The SMILES string of the molecule is CCC(O)C1(C#N)CCC(C)(C)CC1. The second-order valence-electron chi connectivity index (χ2n) is 5.36. The van der Waals surface area contributed by atoms with E-state index in [1.54, 1.807) is 0 Å². The molecule has 1 N–H and O–H groups in total. The summed E-state index contributed by atoms with van der Waals surface area (Å²) in [6.45, 7) is 6.43. The second-order valence-corrected chi connectivity index (χ2v) is 5.36. The van der Waals surface area contributed by atoms with E-state index in [2.05, 4.69) is 19.9 Å². The first-order valence-corrected chi connectivity index (χ1v) is 5.55. The lowest BCUT2D eigenvalue weighted by Gasteiger charge is -2.41. The van der Waals surface area contributed by atoms with Crippen molar-refractivity contribution in [2.45, 2.75) is 59.0 Å². The second kappa shape index (κ2) is 3.90. The number of aliphatic hydroxyl groups excluding tert-OH is 1. The van der Waals surface area contributed by atoms with Gasteiger partial charge in [-0.25, -0.2) is 0 Å². The fourth-order valence-electron chi connectivity index (χ4n) is 2.28. The summed E-state index contributed by atoms with van der Waals surface area (Å²) in [6.07, 6.45) is 4.06. The van der Waals surface area contributed by atoms with E-state index in [9.17, 15) is 10.4 Å². The van der Waals surface area contributed by atoms with Crippen LogP contribution in [0.2, 0.25) is 0 Å². The summed E-state index contributed by atoms with van der Waals surface area (Å²) in [5, 5.41) is 19.1. The van der Waals surface area contributed by atoms with Gasteiger partial charge in [0.1, 0.15) is 0 Å². The van der Waals surface area contributed by atoms with Crippen LogP contribution in [0.1, 0.15) is 52.9 Å². The van der Waals surface area contributed by atoms with E-state index in [4.69, 9.17) is 0 Å². The minimum Gasteiger partial charge on any atom is -0.391 e. The van der Waals surface area contributed by atoms with E-state index in [1.165, 1.54) is 0 Å². The highest BCUT2D eigenvalue weighted by atomic mass is 16.3. The number of aliphatic hydroxyl groups is 1. The predicted octanol–water partition coefficient (Wildman–Crippen LogP) is 2.87. The minimum atomic E-state index is -0.454. The Kier molecular flexibility index (Phi) is 3.21. The maximum atomic E-state index is 9.88. The van der Waals surface area contributed by atoms with Gasteiger partial charge in [0.05, 0.1) is 17.6 Å². The van der Waals surface area contributed by atoms with Crippen molar-refractivity contribution < 1.29 is 5.11 Å². The van der Waals surface area contributed by atoms with Crippen LogP contribution in [0.15, 0.2) is 0 Å². The highest BCUT2D eigenvalue weighted by Gasteiger charge is 2.42. The molecule has 1 fully saturated rings. The Morgan fingerprint density at radius 1 is 1.29 bits per heavy atom. The molecule has 0 amide bonds. The number of nitriles is 1. The maximum absolute atomic E-state index is 9.88. The highest BCUT2D eigenvalue weighted by molar-refractivity contribution is 5.06. The zero-order valence-corrected chi connectivity index (χ0v) is 9.51. The standard InChI is InChI=1S/C12H21NO/c1-4-10(14)12(9-13)7-5-11(2,3)6-8-12/h10,14H,4-8H2,1-3H3. The van der Waals surface area contributed by atoms with Crippen molar-refractivity contribution in [2.24, 2.45) is 10.8 Å². The largest absolute Gasteiger partial charge is 0.391 e. The molecule has 0 aromatic heterocycles. The first-order chi connectivity index (χ1) is 6.46. The van der Waals surface area contributed by atoms with Crippen LogP contribution in [-0.4, -0.2) is 11.2 Å². The van der Waals surface area contributed by atoms with Crippen LogP contribution in [0.3, 0.4) is 0 Å². The molecule has 0 heterocycles. The minimum absolute atomic E-state index is 0.355. The van der Waals surface area contributed by atoms with Crippen LogP contribution in [0.5, 0.6) is 0 Å². The summed E-state index contributed by atoms with van der Waals surface area (Å²) < 4.78 is 0. The molecule has 2 nitrogen and oxygen atoms in total. The molecule has 2 heteroatoms. The third kappa shape index (κ3) is 2.09. The molecule has 80 valence electrons. The Bertz CT molecular complexity index is 229. The van der Waals surface area contributed by atoms with Gasteiger partial charge in [0.25, 0.3) is 0 Å². The van der Waals surface area contributed by atoms with Gasteiger partial charge in [-0.05, 0) is 37.5 Å². The number of hydrogen-bond acceptors (Lipinski definition) is 2. The lowest BCUT2D eigenvalue weighted by molar-refractivity contribution is 0.00903. The van der Waals surface area contributed by atoms with Crippen molar-refractivity contribution in [3.63, 3.8) is 0 Å². The van der Waals surface area contributed by atoms with Crippen molar-refractivity contribution in [3.05, 3.63) is 0 Å². The molecular formula is C12H21NO. The van der Waals surface area contributed by atoms with Gasteiger partial charge in [0.15, 0.2) is 0 Å². The van der Waals surface area contributed by atoms with Crippen LogP contribution in [-0.2, 0) is 0 Å². The Labute approximate surface area is 86.9 Å². The molecule has 0 bridgehead atoms. The predicted molar refractivity (Wildman–Crippen MR) is 56.6 cm³/mol. The van der Waals surface area contributed by atoms with Crippen molar-refractivity contribution in [1.29, 1.82) is 5.26 Å². The van der Waals surface area contributed by atoms with Crippen LogP contribution in [0.4, 0.5) is 0 Å². The quantitative estimate of drug-likeness (QED) is 0.736. The van der Waals surface area contributed by atoms with E-state index < -0.39 is 11.5 Å². The molecule has 0 radical (unpaired) electrons. The molecule has 0 spiro atoms. The van der Waals surface area contributed by atoms with Gasteiger partial charge in [0, 0.05) is 0 Å². The molecule has 14 heavy (non-hydrogen) atoms. The fraction of sp³-hybridized carbons (Fsp3) is 0.917. The van der Waals surface area contributed by atoms with Crippen LogP contribution in [0.25, 0.3) is 0 Å². The van der Waals surface area contributed by atoms with Crippen LogP contribution >= 0.6 is 0 Å². The fourth-order valence-corrected chi connectivity index (χ4v) is 2.28. The first-order valence-electron chi connectivity index (χ1n) is 5.55. The number of hydrogen-bond donors (Lipinski definition) is 1. The van der Waals surface area contributed by atoms with Crippen molar-refractivity contribution in [1.82, 2.24) is 0 Å².